The van der Waals surface area contributed by atoms with Crippen LogP contribution in [0.1, 0.15) is 5.56 Å². The average molecular weight is 452 g/mol. The van der Waals surface area contributed by atoms with Crippen LogP contribution in [-0.4, -0.2) is 8.42 Å². The maximum absolute atomic E-state index is 12.6. The zero-order valence-electron chi connectivity index (χ0n) is 12.9. The molecule has 0 saturated carbocycles. The monoisotopic (exact) mass is 452 g/mol. The van der Waals surface area contributed by atoms with Gasteiger partial charge in [0, 0.05) is 0 Å². The molecule has 0 radical (unpaired) electrons. The van der Waals surface area contributed by atoms with E-state index in [0.717, 1.165) is 12.7 Å². The molecule has 0 aliphatic heterocycles. The van der Waals surface area contributed by atoms with Gasteiger partial charge in [-0.1, -0.05) is 0 Å². The van der Waals surface area contributed by atoms with Crippen LogP contribution >= 0.6 is 20.2 Å². The van der Waals surface area contributed by atoms with Gasteiger partial charge in [0.1, 0.15) is 0 Å². The Hall–Kier alpha value is -1.70. The van der Waals surface area contributed by atoms with Gasteiger partial charge < -0.3 is 0 Å². The molecule has 0 spiro atoms. The fourth-order valence-electron chi connectivity index (χ4n) is 2.15. The molecule has 0 saturated heterocycles. The molecule has 0 atom stereocenters. The zero-order valence-corrected chi connectivity index (χ0v) is 15.9. The van der Waals surface area contributed by atoms with E-state index in [0.29, 0.717) is 0 Å². The molecule has 5 heteroatoms. The third-order valence-electron chi connectivity index (χ3n) is 3.21. The summed E-state index contributed by atoms with van der Waals surface area (Å²) in [6.07, 6.45) is 0. The van der Waals surface area contributed by atoms with Gasteiger partial charge in [0.2, 0.25) is 0 Å². The van der Waals surface area contributed by atoms with Crippen LogP contribution in [0.15, 0.2) is 91.0 Å². The van der Waals surface area contributed by atoms with E-state index in [9.17, 15) is 8.42 Å². The van der Waals surface area contributed by atoms with Gasteiger partial charge >= 0.3 is 151 Å². The molecular weight excluding hydrogens is 435 g/mol. The van der Waals surface area contributed by atoms with E-state index in [2.05, 4.69) is 0 Å². The predicted molar refractivity (Wildman–Crippen MR) is 104 cm³/mol. The van der Waals surface area contributed by atoms with E-state index in [-0.39, 0.29) is 5.75 Å². The molecular formula is C19H17IO3S. The summed E-state index contributed by atoms with van der Waals surface area (Å²) in [6.45, 7) is 0. The van der Waals surface area contributed by atoms with Crippen LogP contribution in [0.4, 0.5) is 0 Å². The molecule has 0 aliphatic rings. The summed E-state index contributed by atoms with van der Waals surface area (Å²) in [5.41, 5.74) is 0.731. The third-order valence-corrected chi connectivity index (χ3v) is 10.6. The van der Waals surface area contributed by atoms with Gasteiger partial charge in [-0.3, -0.25) is 0 Å². The van der Waals surface area contributed by atoms with Gasteiger partial charge in [0.05, 0.1) is 0 Å². The van der Waals surface area contributed by atoms with Gasteiger partial charge in [-0.15, -0.1) is 0 Å². The van der Waals surface area contributed by atoms with Gasteiger partial charge in [-0.2, -0.15) is 0 Å². The topological polar surface area (TPSA) is 43.4 Å². The predicted octanol–water partition coefficient (Wildman–Crippen LogP) is 4.69. The molecule has 24 heavy (non-hydrogen) atoms. The van der Waals surface area contributed by atoms with Crippen molar-refractivity contribution in [1.82, 2.24) is 0 Å². The third kappa shape index (κ3) is 4.66. The van der Waals surface area contributed by atoms with E-state index >= 15 is 0 Å². The fourth-order valence-corrected chi connectivity index (χ4v) is 9.26. The van der Waals surface area contributed by atoms with E-state index in [1.54, 1.807) is 12.1 Å². The van der Waals surface area contributed by atoms with E-state index in [4.69, 9.17) is 2.51 Å². The molecule has 3 rings (SSSR count). The van der Waals surface area contributed by atoms with Crippen molar-refractivity contribution in [3.63, 3.8) is 0 Å². The van der Waals surface area contributed by atoms with Gasteiger partial charge in [0.25, 0.3) is 0 Å². The number of halogens is 1. The zero-order chi connectivity index (χ0) is 16.8. The second-order valence-electron chi connectivity index (χ2n) is 5.09. The van der Waals surface area contributed by atoms with Crippen LogP contribution in [0.25, 0.3) is 0 Å². The van der Waals surface area contributed by atoms with Crippen molar-refractivity contribution in [3.8, 4) is 0 Å². The van der Waals surface area contributed by atoms with Crippen molar-refractivity contribution in [2.75, 3.05) is 0 Å². The van der Waals surface area contributed by atoms with Crippen LogP contribution < -0.4 is 0 Å². The summed E-state index contributed by atoms with van der Waals surface area (Å²) >= 11 is -2.52. The molecule has 0 unspecified atom stereocenters. The maximum atomic E-state index is 12.6. The first-order valence-electron chi connectivity index (χ1n) is 7.41. The molecule has 0 heterocycles. The molecule has 0 amide bonds. The molecule has 0 fully saturated rings. The Labute approximate surface area is 150 Å². The second kappa shape index (κ2) is 7.92. The Morgan fingerprint density at radius 3 is 1.54 bits per heavy atom. The first kappa shape index (κ1) is 17.1. The minimum atomic E-state index is -3.66. The Morgan fingerprint density at radius 1 is 0.667 bits per heavy atom. The second-order valence-corrected chi connectivity index (χ2v) is 11.6. The molecule has 0 aliphatic carbocycles. The summed E-state index contributed by atoms with van der Waals surface area (Å²) in [5, 5.41) is 0. The summed E-state index contributed by atoms with van der Waals surface area (Å²) in [7, 11) is -3.66. The van der Waals surface area contributed by atoms with Crippen molar-refractivity contribution in [3.05, 3.63) is 104 Å². The van der Waals surface area contributed by atoms with Gasteiger partial charge in [-0.25, -0.2) is 0 Å². The minimum absolute atomic E-state index is 0.110. The van der Waals surface area contributed by atoms with Crippen molar-refractivity contribution in [2.45, 2.75) is 5.75 Å². The van der Waals surface area contributed by atoms with Crippen LogP contribution in [-0.2, 0) is 18.4 Å². The summed E-state index contributed by atoms with van der Waals surface area (Å²) in [4.78, 5) is 0. The first-order valence-corrected chi connectivity index (χ1v) is 12.0. The normalized spacial score (nSPS) is 11.9. The fraction of sp³-hybridized carbons (Fsp3) is 0.0526. The van der Waals surface area contributed by atoms with Crippen molar-refractivity contribution >= 4 is 30.4 Å². The number of hydrogen-bond acceptors (Lipinski definition) is 3. The molecule has 124 valence electrons. The van der Waals surface area contributed by atoms with Crippen LogP contribution in [0.5, 0.6) is 0 Å². The van der Waals surface area contributed by atoms with Gasteiger partial charge in [-0.05, 0) is 0 Å². The Morgan fingerprint density at radius 2 is 1.08 bits per heavy atom. The first-order chi connectivity index (χ1) is 11.6. The van der Waals surface area contributed by atoms with E-state index < -0.39 is 30.4 Å². The van der Waals surface area contributed by atoms with Crippen molar-refractivity contribution < 1.29 is 10.9 Å². The number of hydrogen-bond donors (Lipinski definition) is 0. The molecule has 3 nitrogen and oxygen atoms in total. The molecule has 3 aromatic carbocycles. The SMILES string of the molecule is O=S(=O)(Cc1ccccc1)OI(c1ccccc1)c1ccccc1. The Balaban J connectivity index is 1.89. The average Bonchev–Trinajstić information content (AvgIpc) is 2.62. The number of benzene rings is 3. The molecule has 0 N–H and O–H groups in total. The standard InChI is InChI=1S/C19H17IO3S/c21-24(22,16-17-10-4-1-5-11-17)23-20(18-12-6-2-7-13-18)19-14-8-3-9-15-19/h1-15H,16H2. The van der Waals surface area contributed by atoms with Crippen LogP contribution in [0.3, 0.4) is 0 Å². The quantitative estimate of drug-likeness (QED) is 0.510. The van der Waals surface area contributed by atoms with Crippen molar-refractivity contribution in [1.29, 1.82) is 0 Å². The summed E-state index contributed by atoms with van der Waals surface area (Å²) in [6, 6.07) is 28.4. The molecule has 0 bridgehead atoms. The summed E-state index contributed by atoms with van der Waals surface area (Å²) in [5.74, 6) is -0.110. The van der Waals surface area contributed by atoms with Crippen LogP contribution in [0, 0.1) is 7.14 Å². The molecule has 3 aromatic rings. The number of rotatable bonds is 6. The van der Waals surface area contributed by atoms with E-state index in [1.165, 1.54) is 0 Å². The summed E-state index contributed by atoms with van der Waals surface area (Å²) < 4.78 is 32.8. The van der Waals surface area contributed by atoms with Crippen LogP contribution in [0.2, 0.25) is 0 Å². The Kier molecular flexibility index (Phi) is 5.65. The molecule has 0 aromatic heterocycles. The van der Waals surface area contributed by atoms with Crippen molar-refractivity contribution in [2.24, 2.45) is 0 Å². The van der Waals surface area contributed by atoms with E-state index in [1.807, 2.05) is 78.9 Å². The Bertz CT molecular complexity index is 827. The van der Waals surface area contributed by atoms with Gasteiger partial charge in [0.15, 0.2) is 0 Å².